The Morgan fingerprint density at radius 3 is 2.87 bits per heavy atom. The zero-order chi connectivity index (χ0) is 10.8. The molecule has 1 atom stereocenters. The van der Waals surface area contributed by atoms with Gasteiger partial charge in [-0.05, 0) is 28.1 Å². The van der Waals surface area contributed by atoms with Crippen LogP contribution in [0.15, 0.2) is 35.1 Å². The Bertz CT molecular complexity index is 440. The van der Waals surface area contributed by atoms with E-state index in [9.17, 15) is 5.11 Å². The SMILES string of the molecule is OC(c1cccnc1)c1cc(Br)c(Cl)s1. The van der Waals surface area contributed by atoms with Crippen LogP contribution in [0.2, 0.25) is 4.34 Å². The smallest absolute Gasteiger partial charge is 0.115 e. The van der Waals surface area contributed by atoms with Gasteiger partial charge in [-0.1, -0.05) is 17.7 Å². The van der Waals surface area contributed by atoms with E-state index in [1.807, 2.05) is 12.1 Å². The number of hydrogen-bond donors (Lipinski definition) is 1. The maximum atomic E-state index is 10.0. The van der Waals surface area contributed by atoms with Crippen molar-refractivity contribution in [3.05, 3.63) is 49.8 Å². The van der Waals surface area contributed by atoms with Gasteiger partial charge < -0.3 is 5.11 Å². The molecule has 2 nitrogen and oxygen atoms in total. The zero-order valence-electron chi connectivity index (χ0n) is 7.52. The van der Waals surface area contributed by atoms with Crippen molar-refractivity contribution >= 4 is 38.9 Å². The first-order valence-electron chi connectivity index (χ1n) is 4.21. The van der Waals surface area contributed by atoms with Gasteiger partial charge in [0.15, 0.2) is 0 Å². The Balaban J connectivity index is 2.32. The molecule has 0 saturated heterocycles. The van der Waals surface area contributed by atoms with Crippen LogP contribution in [0, 0.1) is 0 Å². The van der Waals surface area contributed by atoms with Crippen molar-refractivity contribution < 1.29 is 5.11 Å². The summed E-state index contributed by atoms with van der Waals surface area (Å²) in [5.41, 5.74) is 0.767. The molecule has 2 aromatic rings. The van der Waals surface area contributed by atoms with Crippen molar-refractivity contribution in [2.75, 3.05) is 0 Å². The number of aromatic nitrogens is 1. The first kappa shape index (κ1) is 11.1. The van der Waals surface area contributed by atoms with Gasteiger partial charge in [-0.3, -0.25) is 4.98 Å². The molecule has 0 fully saturated rings. The van der Waals surface area contributed by atoms with Crippen molar-refractivity contribution in [3.63, 3.8) is 0 Å². The molecule has 78 valence electrons. The molecular weight excluding hydrogens is 298 g/mol. The van der Waals surface area contributed by atoms with E-state index in [-0.39, 0.29) is 0 Å². The largest absolute Gasteiger partial charge is 0.383 e. The summed E-state index contributed by atoms with van der Waals surface area (Å²) in [4.78, 5) is 4.77. The predicted octanol–water partition coefficient (Wildman–Crippen LogP) is 3.64. The van der Waals surface area contributed by atoms with E-state index >= 15 is 0 Å². The number of thiophene rings is 1. The van der Waals surface area contributed by atoms with Crippen molar-refractivity contribution in [3.8, 4) is 0 Å². The maximum Gasteiger partial charge on any atom is 0.115 e. The van der Waals surface area contributed by atoms with Gasteiger partial charge in [-0.2, -0.15) is 0 Å². The van der Waals surface area contributed by atoms with E-state index in [1.54, 1.807) is 18.5 Å². The number of halogens is 2. The van der Waals surface area contributed by atoms with Crippen molar-refractivity contribution in [2.45, 2.75) is 6.10 Å². The minimum atomic E-state index is -0.660. The van der Waals surface area contributed by atoms with Gasteiger partial charge in [0.1, 0.15) is 10.4 Å². The number of hydrogen-bond acceptors (Lipinski definition) is 3. The van der Waals surface area contributed by atoms with Gasteiger partial charge in [0, 0.05) is 27.3 Å². The van der Waals surface area contributed by atoms with Crippen LogP contribution in [0.4, 0.5) is 0 Å². The number of nitrogens with zero attached hydrogens (tertiary/aromatic N) is 1. The highest BCUT2D eigenvalue weighted by atomic mass is 79.9. The standard InChI is InChI=1S/C10H7BrClNOS/c11-7-4-8(15-10(7)12)9(14)6-2-1-3-13-5-6/h1-5,9,14H. The fraction of sp³-hybridized carbons (Fsp3) is 0.100. The molecule has 2 aromatic heterocycles. The number of pyridine rings is 1. The fourth-order valence-corrected chi connectivity index (χ4v) is 2.95. The van der Waals surface area contributed by atoms with E-state index in [2.05, 4.69) is 20.9 Å². The molecule has 0 spiro atoms. The molecule has 15 heavy (non-hydrogen) atoms. The lowest BCUT2D eigenvalue weighted by Gasteiger charge is -2.06. The molecule has 0 aliphatic rings. The Morgan fingerprint density at radius 2 is 2.33 bits per heavy atom. The van der Waals surface area contributed by atoms with Crippen LogP contribution in [-0.2, 0) is 0 Å². The lowest BCUT2D eigenvalue weighted by Crippen LogP contribution is -1.96. The summed E-state index contributed by atoms with van der Waals surface area (Å²) in [5, 5.41) is 10.0. The van der Waals surface area contributed by atoms with Gasteiger partial charge in [0.05, 0.1) is 0 Å². The molecule has 2 heterocycles. The van der Waals surface area contributed by atoms with Crippen LogP contribution in [0.3, 0.4) is 0 Å². The summed E-state index contributed by atoms with van der Waals surface area (Å²) in [7, 11) is 0. The average molecular weight is 305 g/mol. The van der Waals surface area contributed by atoms with Crippen LogP contribution in [0.1, 0.15) is 16.5 Å². The lowest BCUT2D eigenvalue weighted by atomic mass is 10.1. The lowest BCUT2D eigenvalue weighted by molar-refractivity contribution is 0.223. The van der Waals surface area contributed by atoms with Crippen LogP contribution in [0.5, 0.6) is 0 Å². The van der Waals surface area contributed by atoms with E-state index < -0.39 is 6.10 Å². The van der Waals surface area contributed by atoms with Crippen molar-refractivity contribution in [1.29, 1.82) is 0 Å². The van der Waals surface area contributed by atoms with E-state index in [1.165, 1.54) is 11.3 Å². The third-order valence-corrected chi connectivity index (χ3v) is 4.46. The second-order valence-electron chi connectivity index (χ2n) is 2.96. The minimum absolute atomic E-state index is 0.646. The van der Waals surface area contributed by atoms with E-state index in [4.69, 9.17) is 11.6 Å². The summed E-state index contributed by atoms with van der Waals surface area (Å²) >= 11 is 10.6. The predicted molar refractivity (Wildman–Crippen MR) is 65.3 cm³/mol. The highest BCUT2D eigenvalue weighted by molar-refractivity contribution is 9.10. The Hall–Kier alpha value is -0.420. The molecule has 0 amide bonds. The number of rotatable bonds is 2. The first-order valence-corrected chi connectivity index (χ1v) is 6.20. The van der Waals surface area contributed by atoms with Crippen LogP contribution >= 0.6 is 38.9 Å². The molecule has 1 unspecified atom stereocenters. The molecule has 5 heteroatoms. The van der Waals surface area contributed by atoms with Gasteiger partial charge in [-0.15, -0.1) is 11.3 Å². The molecule has 1 N–H and O–H groups in total. The molecule has 0 aromatic carbocycles. The Morgan fingerprint density at radius 1 is 1.53 bits per heavy atom. The van der Waals surface area contributed by atoms with Gasteiger partial charge in [-0.25, -0.2) is 0 Å². The summed E-state index contributed by atoms with van der Waals surface area (Å²) in [6, 6.07) is 5.45. The zero-order valence-corrected chi connectivity index (χ0v) is 10.7. The summed E-state index contributed by atoms with van der Waals surface area (Å²) in [6.07, 6.45) is 2.66. The minimum Gasteiger partial charge on any atom is -0.383 e. The van der Waals surface area contributed by atoms with Gasteiger partial charge in [0.25, 0.3) is 0 Å². The quantitative estimate of drug-likeness (QED) is 0.919. The topological polar surface area (TPSA) is 33.1 Å². The van der Waals surface area contributed by atoms with E-state index in [0.717, 1.165) is 14.9 Å². The highest BCUT2D eigenvalue weighted by Gasteiger charge is 2.14. The Labute approximate surface area is 105 Å². The molecule has 0 bridgehead atoms. The van der Waals surface area contributed by atoms with Crippen LogP contribution in [-0.4, -0.2) is 10.1 Å². The molecule has 0 aliphatic carbocycles. The summed E-state index contributed by atoms with van der Waals surface area (Å²) in [6.45, 7) is 0. The third kappa shape index (κ3) is 2.39. The highest BCUT2D eigenvalue weighted by Crippen LogP contribution is 2.36. The molecular formula is C10H7BrClNOS. The van der Waals surface area contributed by atoms with Crippen LogP contribution < -0.4 is 0 Å². The number of aliphatic hydroxyl groups is 1. The summed E-state index contributed by atoms with van der Waals surface area (Å²) < 4.78 is 1.46. The molecule has 2 rings (SSSR count). The molecule has 0 aliphatic heterocycles. The average Bonchev–Trinajstić information content (AvgIpc) is 2.59. The molecule has 0 saturated carbocycles. The van der Waals surface area contributed by atoms with E-state index in [0.29, 0.717) is 4.34 Å². The monoisotopic (exact) mass is 303 g/mol. The second kappa shape index (κ2) is 4.61. The third-order valence-electron chi connectivity index (χ3n) is 1.93. The maximum absolute atomic E-state index is 10.0. The summed E-state index contributed by atoms with van der Waals surface area (Å²) in [5.74, 6) is 0. The van der Waals surface area contributed by atoms with Crippen molar-refractivity contribution in [1.82, 2.24) is 4.98 Å². The first-order chi connectivity index (χ1) is 7.18. The normalized spacial score (nSPS) is 12.7. The van der Waals surface area contributed by atoms with Gasteiger partial charge in [0.2, 0.25) is 0 Å². The Kier molecular flexibility index (Phi) is 3.41. The fourth-order valence-electron chi connectivity index (χ4n) is 1.20. The van der Waals surface area contributed by atoms with Crippen LogP contribution in [0.25, 0.3) is 0 Å². The van der Waals surface area contributed by atoms with Crippen molar-refractivity contribution in [2.24, 2.45) is 0 Å². The molecule has 0 radical (unpaired) electrons. The second-order valence-corrected chi connectivity index (χ2v) is 5.50. The number of aliphatic hydroxyl groups excluding tert-OH is 1. The van der Waals surface area contributed by atoms with Gasteiger partial charge >= 0.3 is 0 Å².